The molecule has 1 aliphatic carbocycles. The van der Waals surface area contributed by atoms with Crippen LogP contribution in [0.5, 0.6) is 0 Å². The first-order valence-electron chi connectivity index (χ1n) is 6.11. The van der Waals surface area contributed by atoms with E-state index in [-0.39, 0.29) is 0 Å². The standard InChI is InChI=1S/C11H19N3S3/c1-3-7-12-8-5-4-6-9(8)16-11-14-13-10(15-2)17-11/h8-9,12H,3-7H2,1-2H3. The number of nitrogens with one attached hydrogen (secondary N) is 1. The molecule has 0 aromatic carbocycles. The molecule has 2 atom stereocenters. The summed E-state index contributed by atoms with van der Waals surface area (Å²) in [5.41, 5.74) is 0. The molecule has 0 bridgehead atoms. The van der Waals surface area contributed by atoms with Crippen molar-refractivity contribution in [3.8, 4) is 0 Å². The van der Waals surface area contributed by atoms with Gasteiger partial charge in [0.25, 0.3) is 0 Å². The fraction of sp³-hybridized carbons (Fsp3) is 0.818. The Morgan fingerprint density at radius 1 is 1.35 bits per heavy atom. The van der Waals surface area contributed by atoms with Gasteiger partial charge in [-0.15, -0.1) is 10.2 Å². The van der Waals surface area contributed by atoms with E-state index in [9.17, 15) is 0 Å². The maximum Gasteiger partial charge on any atom is 0.175 e. The molecule has 1 aliphatic rings. The van der Waals surface area contributed by atoms with Crippen LogP contribution in [0.25, 0.3) is 0 Å². The third kappa shape index (κ3) is 3.84. The summed E-state index contributed by atoms with van der Waals surface area (Å²) < 4.78 is 2.20. The van der Waals surface area contributed by atoms with Crippen molar-refractivity contribution < 1.29 is 0 Å². The van der Waals surface area contributed by atoms with Crippen LogP contribution in [0.15, 0.2) is 8.68 Å². The first kappa shape index (κ1) is 13.6. The molecule has 0 aliphatic heterocycles. The van der Waals surface area contributed by atoms with E-state index in [0.717, 1.165) is 15.2 Å². The van der Waals surface area contributed by atoms with Crippen molar-refractivity contribution in [3.63, 3.8) is 0 Å². The minimum absolute atomic E-state index is 0.668. The second-order valence-electron chi connectivity index (χ2n) is 4.19. The topological polar surface area (TPSA) is 37.8 Å². The molecule has 6 heteroatoms. The van der Waals surface area contributed by atoms with Crippen LogP contribution >= 0.6 is 34.9 Å². The van der Waals surface area contributed by atoms with Crippen LogP contribution < -0.4 is 5.32 Å². The molecule has 17 heavy (non-hydrogen) atoms. The molecule has 1 fully saturated rings. The number of hydrogen-bond acceptors (Lipinski definition) is 6. The lowest BCUT2D eigenvalue weighted by Gasteiger charge is -2.18. The number of nitrogens with zero attached hydrogens (tertiary/aromatic N) is 2. The molecule has 1 aromatic heterocycles. The Labute approximate surface area is 116 Å². The molecule has 1 saturated carbocycles. The normalized spacial score (nSPS) is 24.4. The van der Waals surface area contributed by atoms with E-state index in [1.165, 1.54) is 25.7 Å². The summed E-state index contributed by atoms with van der Waals surface area (Å²) in [5.74, 6) is 0. The molecule has 1 aromatic rings. The molecule has 0 radical (unpaired) electrons. The van der Waals surface area contributed by atoms with Gasteiger partial charge >= 0.3 is 0 Å². The van der Waals surface area contributed by atoms with E-state index in [2.05, 4.69) is 28.7 Å². The minimum atomic E-state index is 0.668. The van der Waals surface area contributed by atoms with Crippen molar-refractivity contribution in [1.82, 2.24) is 15.5 Å². The van der Waals surface area contributed by atoms with Gasteiger partial charge in [0, 0.05) is 11.3 Å². The van der Waals surface area contributed by atoms with Gasteiger partial charge in [0.2, 0.25) is 0 Å². The van der Waals surface area contributed by atoms with Crippen molar-refractivity contribution in [2.75, 3.05) is 12.8 Å². The second kappa shape index (κ2) is 6.97. The molecule has 3 nitrogen and oxygen atoms in total. The van der Waals surface area contributed by atoms with Crippen LogP contribution in [0.2, 0.25) is 0 Å². The molecule has 1 heterocycles. The lowest BCUT2D eigenvalue weighted by Crippen LogP contribution is -2.34. The van der Waals surface area contributed by atoms with E-state index in [0.29, 0.717) is 11.3 Å². The van der Waals surface area contributed by atoms with Crippen molar-refractivity contribution in [3.05, 3.63) is 0 Å². The van der Waals surface area contributed by atoms with Gasteiger partial charge in [0.1, 0.15) is 0 Å². The van der Waals surface area contributed by atoms with Gasteiger partial charge in [-0.3, -0.25) is 0 Å². The van der Waals surface area contributed by atoms with Crippen molar-refractivity contribution in [1.29, 1.82) is 0 Å². The summed E-state index contributed by atoms with van der Waals surface area (Å²) in [6.07, 6.45) is 7.22. The van der Waals surface area contributed by atoms with Gasteiger partial charge in [-0.25, -0.2) is 0 Å². The van der Waals surface area contributed by atoms with E-state index < -0.39 is 0 Å². The van der Waals surface area contributed by atoms with Crippen LogP contribution in [-0.4, -0.2) is 34.3 Å². The van der Waals surface area contributed by atoms with Gasteiger partial charge in [-0.05, 0) is 32.1 Å². The maximum atomic E-state index is 4.25. The zero-order chi connectivity index (χ0) is 12.1. The maximum absolute atomic E-state index is 4.25. The summed E-state index contributed by atoms with van der Waals surface area (Å²) in [6, 6.07) is 0.668. The second-order valence-corrected chi connectivity index (χ2v) is 7.70. The zero-order valence-electron chi connectivity index (χ0n) is 10.3. The van der Waals surface area contributed by atoms with E-state index in [1.54, 1.807) is 23.1 Å². The Morgan fingerprint density at radius 3 is 2.88 bits per heavy atom. The summed E-state index contributed by atoms with van der Waals surface area (Å²) in [7, 11) is 0. The molecule has 2 unspecified atom stereocenters. The average molecular weight is 289 g/mol. The fourth-order valence-corrected chi connectivity index (χ4v) is 5.08. The first-order chi connectivity index (χ1) is 8.33. The zero-order valence-corrected chi connectivity index (χ0v) is 12.8. The van der Waals surface area contributed by atoms with Crippen molar-refractivity contribution in [2.24, 2.45) is 0 Å². The molecule has 1 N–H and O–H groups in total. The monoisotopic (exact) mass is 289 g/mol. The van der Waals surface area contributed by atoms with E-state index in [1.807, 2.05) is 11.8 Å². The highest BCUT2D eigenvalue weighted by Crippen LogP contribution is 2.37. The molecule has 2 rings (SSSR count). The molecule has 0 amide bonds. The predicted octanol–water partition coefficient (Wildman–Crippen LogP) is 3.27. The predicted molar refractivity (Wildman–Crippen MR) is 77.3 cm³/mol. The fourth-order valence-electron chi connectivity index (χ4n) is 2.09. The Kier molecular flexibility index (Phi) is 5.59. The largest absolute Gasteiger partial charge is 0.313 e. The van der Waals surface area contributed by atoms with Gasteiger partial charge in [0.15, 0.2) is 8.68 Å². The highest BCUT2D eigenvalue weighted by atomic mass is 32.2. The summed E-state index contributed by atoms with van der Waals surface area (Å²) in [5, 5.41) is 12.7. The van der Waals surface area contributed by atoms with Gasteiger partial charge in [-0.1, -0.05) is 48.2 Å². The molecular formula is C11H19N3S3. The van der Waals surface area contributed by atoms with Crippen LogP contribution in [0.3, 0.4) is 0 Å². The number of thioether (sulfide) groups is 2. The van der Waals surface area contributed by atoms with Crippen LogP contribution in [-0.2, 0) is 0 Å². The van der Waals surface area contributed by atoms with Crippen molar-refractivity contribution in [2.45, 2.75) is 52.6 Å². The Morgan fingerprint density at radius 2 is 2.18 bits per heavy atom. The smallest absolute Gasteiger partial charge is 0.175 e. The Bertz CT molecular complexity index is 342. The van der Waals surface area contributed by atoms with Crippen LogP contribution in [0.4, 0.5) is 0 Å². The first-order valence-corrected chi connectivity index (χ1v) is 9.03. The highest BCUT2D eigenvalue weighted by molar-refractivity contribution is 8.03. The quantitative estimate of drug-likeness (QED) is 0.814. The van der Waals surface area contributed by atoms with Gasteiger partial charge in [-0.2, -0.15) is 0 Å². The minimum Gasteiger partial charge on any atom is -0.313 e. The summed E-state index contributed by atoms with van der Waals surface area (Å²) >= 11 is 5.31. The molecule has 0 spiro atoms. The SMILES string of the molecule is CCCNC1CCCC1Sc1nnc(SC)s1. The Hall–Kier alpha value is 0.220. The van der Waals surface area contributed by atoms with Gasteiger partial charge < -0.3 is 5.32 Å². The average Bonchev–Trinajstić information content (AvgIpc) is 2.96. The summed E-state index contributed by atoms with van der Waals surface area (Å²) in [4.78, 5) is 0. The molecular weight excluding hydrogens is 270 g/mol. The third-order valence-corrected chi connectivity index (χ3v) is 6.31. The number of hydrogen-bond donors (Lipinski definition) is 1. The third-order valence-electron chi connectivity index (χ3n) is 2.92. The van der Waals surface area contributed by atoms with E-state index >= 15 is 0 Å². The lowest BCUT2D eigenvalue weighted by molar-refractivity contribution is 0.531. The highest BCUT2D eigenvalue weighted by Gasteiger charge is 2.28. The number of aromatic nitrogens is 2. The summed E-state index contributed by atoms with van der Waals surface area (Å²) in [6.45, 7) is 3.35. The lowest BCUT2D eigenvalue weighted by atomic mass is 10.2. The number of rotatable bonds is 6. The molecule has 96 valence electrons. The van der Waals surface area contributed by atoms with Crippen molar-refractivity contribution >= 4 is 34.9 Å². The van der Waals surface area contributed by atoms with E-state index in [4.69, 9.17) is 0 Å². The van der Waals surface area contributed by atoms with Crippen LogP contribution in [0, 0.1) is 0 Å². The molecule has 0 saturated heterocycles. The van der Waals surface area contributed by atoms with Gasteiger partial charge in [0.05, 0.1) is 0 Å². The van der Waals surface area contributed by atoms with Crippen LogP contribution in [0.1, 0.15) is 32.6 Å². The Balaban J connectivity index is 1.88.